The van der Waals surface area contributed by atoms with E-state index in [4.69, 9.17) is 0 Å². The first-order valence-corrected chi connectivity index (χ1v) is 6.77. The molecule has 1 rings (SSSR count). The van der Waals surface area contributed by atoms with Crippen LogP contribution in [0.25, 0.3) is 0 Å². The lowest BCUT2D eigenvalue weighted by Gasteiger charge is -2.26. The van der Waals surface area contributed by atoms with Gasteiger partial charge in [0.1, 0.15) is 0 Å². The van der Waals surface area contributed by atoms with Crippen molar-refractivity contribution >= 4 is 13.5 Å². The van der Waals surface area contributed by atoms with Crippen LogP contribution in [0.2, 0.25) is 0 Å². The zero-order valence-corrected chi connectivity index (χ0v) is 12.4. The molecule has 0 aromatic heterocycles. The number of rotatable bonds is 0. The largest absolute Gasteiger partial charge is 0.0917 e. The Morgan fingerprint density at radius 2 is 1.40 bits per heavy atom. The van der Waals surface area contributed by atoms with Gasteiger partial charge in [0, 0.05) is 5.66 Å². The normalized spacial score (nSPS) is 24.5. The smallest absolute Gasteiger partial charge is 0.0272 e. The molecular formula is C14H25P. The summed E-state index contributed by atoms with van der Waals surface area (Å²) in [4.78, 5) is 0. The molecule has 1 unspecified atom stereocenters. The molecule has 1 atom stereocenters. The molecule has 0 radical (unpaired) electrons. The minimum absolute atomic E-state index is 0.326. The van der Waals surface area contributed by atoms with E-state index in [0.29, 0.717) is 16.5 Å². The molecular weight excluding hydrogens is 199 g/mol. The fourth-order valence-electron chi connectivity index (χ4n) is 2.31. The standard InChI is InChI=1S/C14H25P/c1-9-10(2)12(14(6,7)8)15-11(9)13(3,4)5/h11H,1-8H3. The summed E-state index contributed by atoms with van der Waals surface area (Å²) in [7, 11) is 1.54. The highest BCUT2D eigenvalue weighted by Crippen LogP contribution is 2.46. The minimum atomic E-state index is 0.326. The first kappa shape index (κ1) is 13.0. The van der Waals surface area contributed by atoms with Crippen LogP contribution in [-0.2, 0) is 0 Å². The first-order chi connectivity index (χ1) is 6.55. The minimum Gasteiger partial charge on any atom is -0.0917 e. The van der Waals surface area contributed by atoms with Crippen molar-refractivity contribution in [2.24, 2.45) is 10.8 Å². The van der Waals surface area contributed by atoms with E-state index in [-0.39, 0.29) is 0 Å². The zero-order valence-electron chi connectivity index (χ0n) is 11.5. The van der Waals surface area contributed by atoms with E-state index in [1.54, 1.807) is 24.6 Å². The fraction of sp³-hybridized carbons (Fsp3) is 0.786. The summed E-state index contributed by atoms with van der Waals surface area (Å²) in [6.07, 6.45) is 0. The van der Waals surface area contributed by atoms with Crippen LogP contribution in [0.5, 0.6) is 0 Å². The molecule has 86 valence electrons. The van der Waals surface area contributed by atoms with Crippen molar-refractivity contribution in [1.82, 2.24) is 0 Å². The molecule has 0 amide bonds. The van der Waals surface area contributed by atoms with Crippen LogP contribution in [0, 0.1) is 10.8 Å². The second-order valence-corrected chi connectivity index (χ2v) is 8.03. The molecule has 1 aliphatic heterocycles. The molecule has 0 saturated heterocycles. The summed E-state index contributed by atoms with van der Waals surface area (Å²) >= 11 is 0. The number of hydrogen-bond donors (Lipinski definition) is 0. The van der Waals surface area contributed by atoms with Gasteiger partial charge in [-0.3, -0.25) is 0 Å². The van der Waals surface area contributed by atoms with Crippen molar-refractivity contribution in [2.75, 3.05) is 0 Å². The highest BCUT2D eigenvalue weighted by atomic mass is 31.1. The van der Waals surface area contributed by atoms with E-state index in [1.807, 2.05) is 0 Å². The lowest BCUT2D eigenvalue weighted by Crippen LogP contribution is -2.20. The van der Waals surface area contributed by atoms with Crippen LogP contribution in [0.3, 0.4) is 0 Å². The van der Waals surface area contributed by atoms with Crippen molar-refractivity contribution in [2.45, 2.75) is 61.0 Å². The van der Waals surface area contributed by atoms with Crippen LogP contribution in [0.4, 0.5) is 0 Å². The van der Waals surface area contributed by atoms with Gasteiger partial charge in [0.05, 0.1) is 0 Å². The summed E-state index contributed by atoms with van der Waals surface area (Å²) in [5, 5.41) is 1.64. The van der Waals surface area contributed by atoms with Crippen LogP contribution in [-0.4, -0.2) is 11.0 Å². The molecule has 1 aliphatic rings. The third-order valence-electron chi connectivity index (χ3n) is 3.15. The van der Waals surface area contributed by atoms with E-state index in [1.165, 1.54) is 0 Å². The third-order valence-corrected chi connectivity index (χ3v) is 5.83. The molecule has 1 heterocycles. The maximum absolute atomic E-state index is 2.35. The molecule has 1 heteroatoms. The fourth-order valence-corrected chi connectivity index (χ4v) is 4.10. The molecule has 0 aromatic rings. The van der Waals surface area contributed by atoms with Gasteiger partial charge in [-0.15, -0.1) is 0 Å². The van der Waals surface area contributed by atoms with E-state index >= 15 is 0 Å². The molecule has 0 saturated carbocycles. The van der Waals surface area contributed by atoms with Gasteiger partial charge in [-0.2, -0.15) is 0 Å². The van der Waals surface area contributed by atoms with Crippen molar-refractivity contribution in [3.05, 3.63) is 11.1 Å². The second-order valence-electron chi connectivity index (χ2n) is 6.80. The van der Waals surface area contributed by atoms with Crippen molar-refractivity contribution in [1.29, 1.82) is 0 Å². The zero-order chi connectivity index (χ0) is 12.0. The van der Waals surface area contributed by atoms with Crippen LogP contribution >= 0.6 is 8.20 Å². The molecule has 0 nitrogen and oxygen atoms in total. The van der Waals surface area contributed by atoms with Crippen LogP contribution in [0.15, 0.2) is 11.1 Å². The van der Waals surface area contributed by atoms with Gasteiger partial charge in [-0.1, -0.05) is 55.3 Å². The van der Waals surface area contributed by atoms with Crippen LogP contribution < -0.4 is 0 Å². The molecule has 0 aliphatic carbocycles. The number of hydrogen-bond acceptors (Lipinski definition) is 0. The molecule has 0 bridgehead atoms. The Labute approximate surface area is 97.0 Å². The Balaban J connectivity index is 3.17. The van der Waals surface area contributed by atoms with Gasteiger partial charge >= 0.3 is 0 Å². The Morgan fingerprint density at radius 1 is 0.933 bits per heavy atom. The maximum Gasteiger partial charge on any atom is 0.0272 e. The summed E-state index contributed by atoms with van der Waals surface area (Å²) < 4.78 is 0. The topological polar surface area (TPSA) is 0 Å². The van der Waals surface area contributed by atoms with E-state index in [0.717, 1.165) is 0 Å². The SMILES string of the molecule is CC1=C(C)C(C(C)(C)C)P=C1C(C)(C)C. The van der Waals surface area contributed by atoms with Gasteiger partial charge in [0.2, 0.25) is 0 Å². The quantitative estimate of drug-likeness (QED) is 0.512. The third kappa shape index (κ3) is 2.53. The average Bonchev–Trinajstić information content (AvgIpc) is 2.26. The van der Waals surface area contributed by atoms with Gasteiger partial charge < -0.3 is 0 Å². The summed E-state index contributed by atoms with van der Waals surface area (Å²) in [5.41, 5.74) is 4.59. The lowest BCUT2D eigenvalue weighted by molar-refractivity contribution is 0.421. The molecule has 15 heavy (non-hydrogen) atoms. The van der Waals surface area contributed by atoms with Crippen molar-refractivity contribution in [3.63, 3.8) is 0 Å². The second kappa shape index (κ2) is 3.74. The maximum atomic E-state index is 2.35. The Hall–Kier alpha value is -0.0900. The lowest BCUT2D eigenvalue weighted by atomic mass is 9.82. The van der Waals surface area contributed by atoms with E-state index < -0.39 is 0 Å². The molecule has 0 aromatic carbocycles. The summed E-state index contributed by atoms with van der Waals surface area (Å²) in [5.74, 6) is 0. The Bertz CT molecular complexity index is 318. The first-order valence-electron chi connectivity index (χ1n) is 5.81. The molecule has 0 spiro atoms. The highest BCUT2D eigenvalue weighted by molar-refractivity contribution is 7.43. The van der Waals surface area contributed by atoms with Gasteiger partial charge in [-0.05, 0) is 35.5 Å². The highest BCUT2D eigenvalue weighted by Gasteiger charge is 2.34. The summed E-state index contributed by atoms with van der Waals surface area (Å²) in [6.45, 7) is 18.7. The molecule has 0 fully saturated rings. The van der Waals surface area contributed by atoms with Crippen molar-refractivity contribution < 1.29 is 0 Å². The Kier molecular flexibility index (Phi) is 3.23. The predicted octanol–water partition coefficient (Wildman–Crippen LogP) is 4.92. The van der Waals surface area contributed by atoms with Gasteiger partial charge in [0.15, 0.2) is 0 Å². The van der Waals surface area contributed by atoms with E-state index in [9.17, 15) is 0 Å². The molecule has 0 N–H and O–H groups in total. The van der Waals surface area contributed by atoms with E-state index in [2.05, 4.69) is 55.4 Å². The average molecular weight is 224 g/mol. The van der Waals surface area contributed by atoms with Gasteiger partial charge in [0.25, 0.3) is 0 Å². The summed E-state index contributed by atoms with van der Waals surface area (Å²) in [6, 6.07) is 0. The van der Waals surface area contributed by atoms with Crippen molar-refractivity contribution in [3.8, 4) is 0 Å². The van der Waals surface area contributed by atoms with Gasteiger partial charge in [-0.25, -0.2) is 0 Å². The van der Waals surface area contributed by atoms with Crippen LogP contribution in [0.1, 0.15) is 55.4 Å². The Morgan fingerprint density at radius 3 is 1.60 bits per heavy atom. The predicted molar refractivity (Wildman–Crippen MR) is 73.0 cm³/mol. The number of allylic oxidation sites excluding steroid dienone is 2. The monoisotopic (exact) mass is 224 g/mol.